The molecule has 0 saturated carbocycles. The predicted molar refractivity (Wildman–Crippen MR) is 99.8 cm³/mol. The highest BCUT2D eigenvalue weighted by molar-refractivity contribution is 5.48. The van der Waals surface area contributed by atoms with Crippen molar-refractivity contribution in [3.8, 4) is 11.5 Å². The number of ether oxygens (including phenoxy) is 1. The molecule has 2 aromatic carbocycles. The minimum atomic E-state index is 0.117. The Morgan fingerprint density at radius 1 is 0.609 bits per heavy atom. The Labute approximate surface area is 141 Å². The molecule has 0 fully saturated rings. The van der Waals surface area contributed by atoms with E-state index in [0.29, 0.717) is 0 Å². The van der Waals surface area contributed by atoms with Gasteiger partial charge in [-0.2, -0.15) is 0 Å². The number of benzene rings is 2. The van der Waals surface area contributed by atoms with Gasteiger partial charge in [-0.05, 0) is 59.1 Å². The fraction of sp³-hybridized carbons (Fsp3) is 0.455. The molecular weight excluding hydrogens is 280 g/mol. The maximum atomic E-state index is 6.31. The van der Waals surface area contributed by atoms with Gasteiger partial charge in [-0.1, -0.05) is 65.8 Å². The zero-order chi connectivity index (χ0) is 17.4. The summed E-state index contributed by atoms with van der Waals surface area (Å²) in [5.41, 5.74) is 5.35. The Balaban J connectivity index is 2.46. The van der Waals surface area contributed by atoms with Crippen LogP contribution in [0.1, 0.15) is 63.8 Å². The molecule has 0 heterocycles. The quantitative estimate of drug-likeness (QED) is 0.600. The van der Waals surface area contributed by atoms with Crippen molar-refractivity contribution in [3.63, 3.8) is 0 Å². The molecule has 23 heavy (non-hydrogen) atoms. The van der Waals surface area contributed by atoms with E-state index in [9.17, 15) is 0 Å². The Morgan fingerprint density at radius 2 is 0.957 bits per heavy atom. The SMILES string of the molecule is Cc1c(Oc2cccc(C(C)(C)C)c2C)cccc1C(C)(C)C. The molecule has 0 amide bonds. The van der Waals surface area contributed by atoms with Gasteiger partial charge in [0.2, 0.25) is 0 Å². The highest BCUT2D eigenvalue weighted by Crippen LogP contribution is 2.36. The van der Waals surface area contributed by atoms with E-state index in [4.69, 9.17) is 4.74 Å². The lowest BCUT2D eigenvalue weighted by Gasteiger charge is -2.25. The zero-order valence-corrected chi connectivity index (χ0v) is 15.9. The molecule has 0 radical (unpaired) electrons. The summed E-state index contributed by atoms with van der Waals surface area (Å²) in [5.74, 6) is 1.90. The summed E-state index contributed by atoms with van der Waals surface area (Å²) in [6, 6.07) is 12.7. The van der Waals surface area contributed by atoms with Crippen LogP contribution in [0.3, 0.4) is 0 Å². The molecule has 1 nitrogen and oxygen atoms in total. The molecule has 0 aromatic heterocycles. The maximum Gasteiger partial charge on any atom is 0.130 e. The van der Waals surface area contributed by atoms with Crippen molar-refractivity contribution < 1.29 is 4.74 Å². The van der Waals surface area contributed by atoms with Gasteiger partial charge in [-0.15, -0.1) is 0 Å². The smallest absolute Gasteiger partial charge is 0.130 e. The molecule has 0 spiro atoms. The Morgan fingerprint density at radius 3 is 1.26 bits per heavy atom. The van der Waals surface area contributed by atoms with Crippen LogP contribution in [0.15, 0.2) is 36.4 Å². The molecular formula is C22H30O. The van der Waals surface area contributed by atoms with Gasteiger partial charge in [0.05, 0.1) is 0 Å². The van der Waals surface area contributed by atoms with Gasteiger partial charge in [0.25, 0.3) is 0 Å². The van der Waals surface area contributed by atoms with Crippen LogP contribution >= 0.6 is 0 Å². The molecule has 0 N–H and O–H groups in total. The average molecular weight is 310 g/mol. The van der Waals surface area contributed by atoms with Crippen LogP contribution in [0.4, 0.5) is 0 Å². The number of hydrogen-bond acceptors (Lipinski definition) is 1. The first kappa shape index (κ1) is 17.6. The lowest BCUT2D eigenvalue weighted by atomic mass is 9.83. The van der Waals surface area contributed by atoms with Crippen LogP contribution < -0.4 is 4.74 Å². The molecule has 124 valence electrons. The van der Waals surface area contributed by atoms with E-state index in [-0.39, 0.29) is 10.8 Å². The Hall–Kier alpha value is -1.76. The zero-order valence-electron chi connectivity index (χ0n) is 15.9. The maximum absolute atomic E-state index is 6.31. The van der Waals surface area contributed by atoms with E-state index in [0.717, 1.165) is 11.5 Å². The summed E-state index contributed by atoms with van der Waals surface area (Å²) in [5, 5.41) is 0. The summed E-state index contributed by atoms with van der Waals surface area (Å²) in [6.07, 6.45) is 0. The lowest BCUT2D eigenvalue weighted by Crippen LogP contribution is -2.14. The van der Waals surface area contributed by atoms with E-state index in [1.54, 1.807) is 0 Å². The van der Waals surface area contributed by atoms with E-state index in [1.807, 2.05) is 0 Å². The minimum Gasteiger partial charge on any atom is -0.457 e. The Kier molecular flexibility index (Phi) is 4.61. The molecule has 0 bridgehead atoms. The van der Waals surface area contributed by atoms with E-state index >= 15 is 0 Å². The molecule has 0 atom stereocenters. The average Bonchev–Trinajstić information content (AvgIpc) is 2.40. The van der Waals surface area contributed by atoms with Gasteiger partial charge in [-0.25, -0.2) is 0 Å². The highest BCUT2D eigenvalue weighted by atomic mass is 16.5. The van der Waals surface area contributed by atoms with Crippen LogP contribution in [0.25, 0.3) is 0 Å². The fourth-order valence-electron chi connectivity index (χ4n) is 3.19. The summed E-state index contributed by atoms with van der Waals surface area (Å²) in [7, 11) is 0. The summed E-state index contributed by atoms with van der Waals surface area (Å²) >= 11 is 0. The second-order valence-corrected chi connectivity index (χ2v) is 8.46. The first-order valence-corrected chi connectivity index (χ1v) is 8.40. The van der Waals surface area contributed by atoms with E-state index in [1.165, 1.54) is 22.3 Å². The van der Waals surface area contributed by atoms with Crippen molar-refractivity contribution in [1.82, 2.24) is 0 Å². The van der Waals surface area contributed by atoms with Gasteiger partial charge >= 0.3 is 0 Å². The summed E-state index contributed by atoms with van der Waals surface area (Å²) in [4.78, 5) is 0. The topological polar surface area (TPSA) is 9.23 Å². The third kappa shape index (κ3) is 3.77. The van der Waals surface area contributed by atoms with Gasteiger partial charge in [-0.3, -0.25) is 0 Å². The molecule has 0 aliphatic rings. The van der Waals surface area contributed by atoms with Crippen LogP contribution in [-0.2, 0) is 10.8 Å². The summed E-state index contributed by atoms with van der Waals surface area (Å²) in [6.45, 7) is 17.7. The van der Waals surface area contributed by atoms with Gasteiger partial charge < -0.3 is 4.74 Å². The third-order valence-electron chi connectivity index (χ3n) is 4.40. The molecule has 0 saturated heterocycles. The molecule has 0 unspecified atom stereocenters. The molecule has 0 aliphatic heterocycles. The first-order valence-electron chi connectivity index (χ1n) is 8.40. The second-order valence-electron chi connectivity index (χ2n) is 8.46. The van der Waals surface area contributed by atoms with Crippen molar-refractivity contribution in [2.75, 3.05) is 0 Å². The second kappa shape index (κ2) is 6.03. The van der Waals surface area contributed by atoms with E-state index in [2.05, 4.69) is 91.8 Å². The van der Waals surface area contributed by atoms with Gasteiger partial charge in [0, 0.05) is 0 Å². The third-order valence-corrected chi connectivity index (χ3v) is 4.40. The van der Waals surface area contributed by atoms with Crippen LogP contribution in [0.5, 0.6) is 11.5 Å². The van der Waals surface area contributed by atoms with Crippen LogP contribution in [0, 0.1) is 13.8 Å². The van der Waals surface area contributed by atoms with Crippen molar-refractivity contribution in [1.29, 1.82) is 0 Å². The molecule has 2 rings (SSSR count). The largest absolute Gasteiger partial charge is 0.457 e. The first-order chi connectivity index (χ1) is 10.5. The van der Waals surface area contributed by atoms with Crippen molar-refractivity contribution >= 4 is 0 Å². The van der Waals surface area contributed by atoms with E-state index < -0.39 is 0 Å². The fourth-order valence-corrected chi connectivity index (χ4v) is 3.19. The lowest BCUT2D eigenvalue weighted by molar-refractivity contribution is 0.465. The molecule has 0 aliphatic carbocycles. The molecule has 2 aromatic rings. The number of hydrogen-bond donors (Lipinski definition) is 0. The van der Waals surface area contributed by atoms with Crippen molar-refractivity contribution in [2.24, 2.45) is 0 Å². The van der Waals surface area contributed by atoms with Crippen molar-refractivity contribution in [3.05, 3.63) is 58.7 Å². The minimum absolute atomic E-state index is 0.117. The highest BCUT2D eigenvalue weighted by Gasteiger charge is 2.21. The van der Waals surface area contributed by atoms with Gasteiger partial charge in [0.15, 0.2) is 0 Å². The Bertz CT molecular complexity index is 635. The summed E-state index contributed by atoms with van der Waals surface area (Å²) < 4.78 is 6.31. The normalized spacial score (nSPS) is 12.3. The standard InChI is InChI=1S/C22H30O/c1-15-17(21(3,4)5)11-9-13-19(15)23-20-14-10-12-18(16(20)2)22(6,7)8/h9-14H,1-8H3. The van der Waals surface area contributed by atoms with Crippen LogP contribution in [0.2, 0.25) is 0 Å². The van der Waals surface area contributed by atoms with Gasteiger partial charge in [0.1, 0.15) is 11.5 Å². The molecule has 1 heteroatoms. The van der Waals surface area contributed by atoms with Crippen molar-refractivity contribution in [2.45, 2.75) is 66.2 Å². The van der Waals surface area contributed by atoms with Crippen LogP contribution in [-0.4, -0.2) is 0 Å². The predicted octanol–water partition coefficient (Wildman–Crippen LogP) is 6.69. The number of rotatable bonds is 2. The monoisotopic (exact) mass is 310 g/mol.